The van der Waals surface area contributed by atoms with Crippen LogP contribution in [0, 0.1) is 0 Å². The van der Waals surface area contributed by atoms with Gasteiger partial charge in [0.15, 0.2) is 0 Å². The molecule has 0 unspecified atom stereocenters. The van der Waals surface area contributed by atoms with Crippen LogP contribution in [0.1, 0.15) is 17.2 Å². The van der Waals surface area contributed by atoms with Gasteiger partial charge in [-0.1, -0.05) is 72.4 Å². The molecule has 0 aliphatic carbocycles. The van der Waals surface area contributed by atoms with Crippen LogP contribution in [0.25, 0.3) is 0 Å². The molecule has 4 rings (SSSR count). The number of likely N-dealkylation sites (tertiary alicyclic amines) is 1. The van der Waals surface area contributed by atoms with E-state index in [2.05, 4.69) is 41.7 Å². The molecule has 2 aliphatic rings. The first-order valence-electron chi connectivity index (χ1n) is 7.69. The normalized spacial score (nSPS) is 27.2. The lowest BCUT2D eigenvalue weighted by atomic mass is 9.87. The van der Waals surface area contributed by atoms with Gasteiger partial charge in [0, 0.05) is 12.3 Å². The number of nitrogens with zero attached hydrogens (tertiary/aromatic N) is 1. The predicted molar refractivity (Wildman–Crippen MR) is 88.2 cm³/mol. The molecule has 2 aliphatic heterocycles. The molecule has 2 atom stereocenters. The van der Waals surface area contributed by atoms with Crippen molar-refractivity contribution in [1.29, 1.82) is 0 Å². The molecule has 0 bridgehead atoms. The Morgan fingerprint density at radius 1 is 1.09 bits per heavy atom. The van der Waals surface area contributed by atoms with Gasteiger partial charge in [-0.3, -0.25) is 4.79 Å². The van der Waals surface area contributed by atoms with E-state index in [1.165, 1.54) is 11.1 Å². The molecule has 2 heterocycles. The van der Waals surface area contributed by atoms with E-state index in [0.717, 1.165) is 12.3 Å². The van der Waals surface area contributed by atoms with Crippen LogP contribution in [-0.2, 0) is 11.3 Å². The summed E-state index contributed by atoms with van der Waals surface area (Å²) in [5.74, 6) is 1.32. The molecule has 0 radical (unpaired) electrons. The van der Waals surface area contributed by atoms with Gasteiger partial charge >= 0.3 is 0 Å². The van der Waals surface area contributed by atoms with Crippen LogP contribution in [0.4, 0.5) is 0 Å². The lowest BCUT2D eigenvalue weighted by Gasteiger charge is -2.51. The van der Waals surface area contributed by atoms with Crippen molar-refractivity contribution in [2.45, 2.75) is 17.5 Å². The molecule has 1 amide bonds. The van der Waals surface area contributed by atoms with Gasteiger partial charge in [0.2, 0.25) is 4.87 Å². The van der Waals surface area contributed by atoms with Crippen LogP contribution in [0.15, 0.2) is 60.7 Å². The zero-order valence-electron chi connectivity index (χ0n) is 12.3. The van der Waals surface area contributed by atoms with E-state index in [-0.39, 0.29) is 16.8 Å². The molecule has 0 saturated carbocycles. The lowest BCUT2D eigenvalue weighted by molar-refractivity contribution is -0.694. The topological polar surface area (TPSA) is 36.9 Å². The van der Waals surface area contributed by atoms with Crippen LogP contribution < -0.4 is 5.32 Å². The highest BCUT2D eigenvalue weighted by molar-refractivity contribution is 8.01. The Labute approximate surface area is 134 Å². The molecule has 1 spiro atoms. The number of hydrogen-bond acceptors (Lipinski definition) is 2. The molecule has 2 saturated heterocycles. The second kappa shape index (κ2) is 5.45. The van der Waals surface area contributed by atoms with E-state index >= 15 is 0 Å². The minimum atomic E-state index is -0.323. The summed E-state index contributed by atoms with van der Waals surface area (Å²) in [5.41, 5.74) is 2.43. The Balaban J connectivity index is 1.67. The van der Waals surface area contributed by atoms with Crippen LogP contribution in [0.2, 0.25) is 0 Å². The Hall–Kier alpha value is -1.78. The largest absolute Gasteiger partial charge is 0.322 e. The number of carbonyl (C=O) groups excluding carboxylic acids is 1. The van der Waals surface area contributed by atoms with E-state index in [9.17, 15) is 4.79 Å². The second-order valence-electron chi connectivity index (χ2n) is 5.87. The van der Waals surface area contributed by atoms with E-state index in [0.29, 0.717) is 6.54 Å². The van der Waals surface area contributed by atoms with Gasteiger partial charge in [0.25, 0.3) is 5.91 Å². The van der Waals surface area contributed by atoms with Gasteiger partial charge in [-0.2, -0.15) is 0 Å². The number of nitrogens with two attached hydrogens (primary N) is 1. The van der Waals surface area contributed by atoms with Gasteiger partial charge in [-0.05, 0) is 11.1 Å². The van der Waals surface area contributed by atoms with Crippen molar-refractivity contribution in [2.75, 3.05) is 12.3 Å². The molecule has 2 N–H and O–H groups in total. The van der Waals surface area contributed by atoms with Gasteiger partial charge in [-0.25, -0.2) is 0 Å². The van der Waals surface area contributed by atoms with Crippen molar-refractivity contribution in [2.24, 2.45) is 0 Å². The monoisotopic (exact) mass is 311 g/mol. The Morgan fingerprint density at radius 3 is 2.41 bits per heavy atom. The van der Waals surface area contributed by atoms with E-state index in [4.69, 9.17) is 0 Å². The van der Waals surface area contributed by atoms with Gasteiger partial charge in [0.1, 0.15) is 6.04 Å². The minimum Gasteiger partial charge on any atom is -0.322 e. The predicted octanol–water partition coefficient (Wildman–Crippen LogP) is 1.78. The Morgan fingerprint density at radius 2 is 1.77 bits per heavy atom. The molecule has 2 aromatic carbocycles. The van der Waals surface area contributed by atoms with Crippen LogP contribution in [0.5, 0.6) is 0 Å². The molecule has 2 fully saturated rings. The highest BCUT2D eigenvalue weighted by atomic mass is 32.2. The minimum absolute atomic E-state index is 0.161. The standard InChI is InChI=1S/C18H18N2OS/c21-17-18(19-11-12-22-18)16(15-9-5-2-6-10-15)20(17)13-14-7-3-1-4-8-14/h1-10,16,19H,11-13H2/p+1/t16-,18-/m0/s1. The van der Waals surface area contributed by atoms with Gasteiger partial charge in [-0.15, -0.1) is 0 Å². The quantitative estimate of drug-likeness (QED) is 0.877. The van der Waals surface area contributed by atoms with E-state index in [1.54, 1.807) is 0 Å². The number of amides is 1. The maximum Gasteiger partial charge on any atom is 0.298 e. The lowest BCUT2D eigenvalue weighted by Crippen LogP contribution is -3.02. The highest BCUT2D eigenvalue weighted by Crippen LogP contribution is 2.49. The molecule has 4 heteroatoms. The van der Waals surface area contributed by atoms with Crippen LogP contribution in [-0.4, -0.2) is 28.0 Å². The first-order valence-corrected chi connectivity index (χ1v) is 8.68. The van der Waals surface area contributed by atoms with Gasteiger partial charge < -0.3 is 10.2 Å². The highest BCUT2D eigenvalue weighted by Gasteiger charge is 2.67. The van der Waals surface area contributed by atoms with Crippen molar-refractivity contribution in [3.63, 3.8) is 0 Å². The molecule has 112 valence electrons. The third-order valence-corrected chi connectivity index (χ3v) is 6.01. The molecule has 3 nitrogen and oxygen atoms in total. The average molecular weight is 311 g/mol. The van der Waals surface area contributed by atoms with E-state index < -0.39 is 0 Å². The SMILES string of the molecule is O=C1N(Cc2ccccc2)[C@@H](c2ccccc2)[C@@]12[NH2+]CCS2. The third-order valence-electron chi connectivity index (χ3n) is 4.53. The van der Waals surface area contributed by atoms with E-state index in [1.807, 2.05) is 40.9 Å². The number of thioether (sulfide) groups is 1. The molecule has 0 aromatic heterocycles. The molecule has 22 heavy (non-hydrogen) atoms. The summed E-state index contributed by atoms with van der Waals surface area (Å²) in [6, 6.07) is 20.9. The first-order chi connectivity index (χ1) is 10.8. The second-order valence-corrected chi connectivity index (χ2v) is 7.24. The summed E-state index contributed by atoms with van der Waals surface area (Å²) < 4.78 is 0. The van der Waals surface area contributed by atoms with Crippen LogP contribution >= 0.6 is 11.8 Å². The first kappa shape index (κ1) is 13.9. The summed E-state index contributed by atoms with van der Waals surface area (Å²) in [6.45, 7) is 1.72. The number of hydrogen-bond donors (Lipinski definition) is 1. The Kier molecular flexibility index (Phi) is 3.43. The summed E-state index contributed by atoms with van der Waals surface area (Å²) in [5, 5.41) is 2.24. The zero-order chi connectivity index (χ0) is 15.0. The smallest absolute Gasteiger partial charge is 0.298 e. The summed E-state index contributed by atoms with van der Waals surface area (Å²) in [4.78, 5) is 14.6. The van der Waals surface area contributed by atoms with Crippen molar-refractivity contribution in [3.8, 4) is 0 Å². The molecule has 2 aromatic rings. The third kappa shape index (κ3) is 2.06. The zero-order valence-corrected chi connectivity index (χ0v) is 13.1. The molecular formula is C18H19N2OS+. The summed E-state index contributed by atoms with van der Waals surface area (Å²) in [6.07, 6.45) is 0. The van der Waals surface area contributed by atoms with Gasteiger partial charge in [0.05, 0.1) is 6.54 Å². The maximum atomic E-state index is 12.8. The fraction of sp³-hybridized carbons (Fsp3) is 0.278. The van der Waals surface area contributed by atoms with Crippen LogP contribution in [0.3, 0.4) is 0 Å². The number of β-lactam (4-membered cyclic amide) rings is 1. The number of benzene rings is 2. The fourth-order valence-electron chi connectivity index (χ4n) is 3.53. The van der Waals surface area contributed by atoms with Crippen molar-refractivity contribution >= 4 is 17.7 Å². The number of quaternary nitrogens is 1. The van der Waals surface area contributed by atoms with Crippen molar-refractivity contribution < 1.29 is 10.1 Å². The summed E-state index contributed by atoms with van der Waals surface area (Å²) >= 11 is 1.81. The number of carbonyl (C=O) groups is 1. The molecular weight excluding hydrogens is 292 g/mol. The summed E-state index contributed by atoms with van der Waals surface area (Å²) in [7, 11) is 0. The van der Waals surface area contributed by atoms with Crippen molar-refractivity contribution in [1.82, 2.24) is 4.90 Å². The number of rotatable bonds is 3. The average Bonchev–Trinajstić information content (AvgIpc) is 3.08. The Bertz CT molecular complexity index is 668. The fourth-order valence-corrected chi connectivity index (χ4v) is 5.00. The maximum absolute atomic E-state index is 12.8. The van der Waals surface area contributed by atoms with Crippen molar-refractivity contribution in [3.05, 3.63) is 71.8 Å².